The maximum Gasteiger partial charge on any atom is 0.306 e. The van der Waals surface area contributed by atoms with Crippen LogP contribution < -0.4 is 10.5 Å². The van der Waals surface area contributed by atoms with Crippen LogP contribution in [-0.4, -0.2) is 57.1 Å². The number of hydrogen-bond acceptors (Lipinski definition) is 9. The van der Waals surface area contributed by atoms with E-state index in [1.54, 1.807) is 0 Å². The zero-order valence-electron chi connectivity index (χ0n) is 34.9. The Hall–Kier alpha value is -2.01. The summed E-state index contributed by atoms with van der Waals surface area (Å²) in [7, 11) is -3.64. The fraction of sp³-hybridized carbons (Fsp3) is 0.907. The van der Waals surface area contributed by atoms with Gasteiger partial charge in [-0.25, -0.2) is 8.42 Å². The zero-order chi connectivity index (χ0) is 40.1. The molecule has 1 amide bonds. The lowest BCUT2D eigenvalue weighted by Gasteiger charge is -2.19. The Labute approximate surface area is 331 Å². The van der Waals surface area contributed by atoms with Gasteiger partial charge in [0.1, 0.15) is 18.5 Å². The smallest absolute Gasteiger partial charge is 0.306 e. The van der Waals surface area contributed by atoms with E-state index >= 15 is 0 Å². The highest BCUT2D eigenvalue weighted by atomic mass is 32.2. The first kappa shape index (κ1) is 52.0. The molecular formula is C43H82N2O8S. The number of ketones is 1. The van der Waals surface area contributed by atoms with Crippen molar-refractivity contribution < 1.29 is 37.1 Å². The first-order chi connectivity index (χ1) is 26.0. The van der Waals surface area contributed by atoms with E-state index in [9.17, 15) is 27.6 Å². The van der Waals surface area contributed by atoms with Gasteiger partial charge in [0.2, 0.25) is 15.9 Å². The molecule has 0 rings (SSSR count). The highest BCUT2D eigenvalue weighted by Gasteiger charge is 2.21. The van der Waals surface area contributed by atoms with Gasteiger partial charge in [-0.15, -0.1) is 0 Å². The van der Waals surface area contributed by atoms with Gasteiger partial charge in [-0.05, 0) is 32.1 Å². The van der Waals surface area contributed by atoms with Gasteiger partial charge in [0.15, 0.2) is 0 Å². The molecule has 0 heterocycles. The van der Waals surface area contributed by atoms with Crippen molar-refractivity contribution in [2.24, 2.45) is 5.73 Å². The van der Waals surface area contributed by atoms with Gasteiger partial charge in [-0.3, -0.25) is 23.9 Å². The summed E-state index contributed by atoms with van der Waals surface area (Å²) in [5.41, 5.74) is 6.05. The van der Waals surface area contributed by atoms with E-state index in [1.807, 2.05) is 4.72 Å². The lowest BCUT2D eigenvalue weighted by molar-refractivity contribution is -0.160. The molecule has 0 saturated carbocycles. The molecule has 0 aromatic heterocycles. The normalized spacial score (nSPS) is 12.7. The zero-order valence-corrected chi connectivity index (χ0v) is 35.8. The molecule has 10 nitrogen and oxygen atoms in total. The minimum Gasteiger partial charge on any atom is -0.462 e. The Morgan fingerprint density at radius 3 is 1.31 bits per heavy atom. The maximum absolute atomic E-state index is 12.8. The van der Waals surface area contributed by atoms with E-state index in [2.05, 4.69) is 13.8 Å². The minimum absolute atomic E-state index is 0.0315. The second-order valence-corrected chi connectivity index (χ2v) is 17.3. The van der Waals surface area contributed by atoms with E-state index in [1.165, 1.54) is 128 Å². The number of nitrogens with two attached hydrogens (primary N) is 1. The number of Topliss-reactive ketones (excluding diaryl/α,β-unsaturated/α-hetero) is 1. The van der Waals surface area contributed by atoms with Crippen LogP contribution in [0.5, 0.6) is 0 Å². The van der Waals surface area contributed by atoms with Crippen molar-refractivity contribution in [3.8, 4) is 0 Å². The number of ether oxygens (including phenoxy) is 2. The summed E-state index contributed by atoms with van der Waals surface area (Å²) in [5.74, 6) is -1.59. The third-order valence-corrected chi connectivity index (χ3v) is 10.6. The molecule has 0 aliphatic carbocycles. The monoisotopic (exact) mass is 787 g/mol. The third-order valence-electron chi connectivity index (χ3n) is 10.0. The molecule has 0 spiro atoms. The summed E-state index contributed by atoms with van der Waals surface area (Å²) in [6.07, 6.45) is 33.1. The van der Waals surface area contributed by atoms with E-state index in [-0.39, 0.29) is 62.9 Å². The van der Waals surface area contributed by atoms with Crippen LogP contribution in [0, 0.1) is 0 Å². The van der Waals surface area contributed by atoms with Crippen LogP contribution in [0.25, 0.3) is 0 Å². The lowest BCUT2D eigenvalue weighted by Crippen LogP contribution is -2.33. The molecule has 0 aliphatic heterocycles. The van der Waals surface area contributed by atoms with Gasteiger partial charge in [0, 0.05) is 25.7 Å². The molecule has 2 unspecified atom stereocenters. The lowest BCUT2D eigenvalue weighted by atomic mass is 10.0. The van der Waals surface area contributed by atoms with Gasteiger partial charge in [0.25, 0.3) is 0 Å². The van der Waals surface area contributed by atoms with E-state index in [0.717, 1.165) is 44.8 Å². The Kier molecular flexibility index (Phi) is 35.3. The molecule has 54 heavy (non-hydrogen) atoms. The molecule has 2 atom stereocenters. The second-order valence-electron chi connectivity index (χ2n) is 15.6. The highest BCUT2D eigenvalue weighted by molar-refractivity contribution is 7.89. The second kappa shape index (κ2) is 36.6. The summed E-state index contributed by atoms with van der Waals surface area (Å²) in [5, 5.41) is 0. The van der Waals surface area contributed by atoms with Gasteiger partial charge >= 0.3 is 11.9 Å². The largest absolute Gasteiger partial charge is 0.462 e. The van der Waals surface area contributed by atoms with Gasteiger partial charge in [0.05, 0.1) is 12.3 Å². The van der Waals surface area contributed by atoms with Crippen molar-refractivity contribution in [1.82, 2.24) is 4.72 Å². The molecule has 0 fully saturated rings. The standard InChI is InChI=1S/C43H82N2O8S/c1-4-6-8-10-12-14-16-18-20-22-24-26-28-33-42(48)52-37-38(35-36-40(46)39(44)31-30-32-41(47)45-54(3,50)51)53-43(49)34-29-27-25-23-21-19-17-15-13-11-9-7-5-2/h38-39H,4-37,44H2,1-3H3,(H,45,47). The van der Waals surface area contributed by atoms with Crippen LogP contribution in [0.15, 0.2) is 0 Å². The fourth-order valence-corrected chi connectivity index (χ4v) is 7.16. The SMILES string of the molecule is CCCCCCCCCCCCCCCC(=O)OCC(CCC(=O)C(N)CCCC(=O)NS(C)(=O)=O)OC(=O)CCCCCCCCCCCCCCC. The average Bonchev–Trinajstić information content (AvgIpc) is 3.12. The summed E-state index contributed by atoms with van der Waals surface area (Å²) in [6.45, 7) is 4.39. The van der Waals surface area contributed by atoms with Crippen molar-refractivity contribution in [2.75, 3.05) is 12.9 Å². The van der Waals surface area contributed by atoms with E-state index in [4.69, 9.17) is 15.2 Å². The first-order valence-electron chi connectivity index (χ1n) is 22.1. The highest BCUT2D eigenvalue weighted by Crippen LogP contribution is 2.16. The molecule has 0 saturated heterocycles. The average molecular weight is 787 g/mol. The van der Waals surface area contributed by atoms with Crippen LogP contribution in [0.3, 0.4) is 0 Å². The van der Waals surface area contributed by atoms with Gasteiger partial charge in [-0.1, -0.05) is 168 Å². The van der Waals surface area contributed by atoms with Crippen molar-refractivity contribution in [1.29, 1.82) is 0 Å². The Bertz CT molecular complexity index is 1050. The van der Waals surface area contributed by atoms with Crippen LogP contribution in [-0.2, 0) is 38.7 Å². The summed E-state index contributed by atoms with van der Waals surface area (Å²) >= 11 is 0. The van der Waals surface area contributed by atoms with Crippen LogP contribution in [0.4, 0.5) is 0 Å². The maximum atomic E-state index is 12.8. The summed E-state index contributed by atoms with van der Waals surface area (Å²) in [6, 6.07) is -0.837. The number of unbranched alkanes of at least 4 members (excludes halogenated alkanes) is 24. The summed E-state index contributed by atoms with van der Waals surface area (Å²) < 4.78 is 35.5. The van der Waals surface area contributed by atoms with E-state index in [0.29, 0.717) is 6.42 Å². The molecule has 0 aromatic carbocycles. The Balaban J connectivity index is 4.51. The van der Waals surface area contributed by atoms with Crippen LogP contribution in [0.1, 0.15) is 226 Å². The molecule has 0 bridgehead atoms. The van der Waals surface area contributed by atoms with Crippen LogP contribution >= 0.6 is 0 Å². The van der Waals surface area contributed by atoms with Crippen molar-refractivity contribution in [2.45, 2.75) is 238 Å². The quantitative estimate of drug-likeness (QED) is 0.0455. The van der Waals surface area contributed by atoms with E-state index < -0.39 is 28.1 Å². The predicted octanol–water partition coefficient (Wildman–Crippen LogP) is 10.3. The molecule has 0 aliphatic rings. The number of nitrogens with one attached hydrogen (secondary N) is 1. The van der Waals surface area contributed by atoms with Gasteiger partial charge < -0.3 is 15.2 Å². The number of carbonyl (C=O) groups excluding carboxylic acids is 4. The van der Waals surface area contributed by atoms with Crippen molar-refractivity contribution >= 4 is 33.7 Å². The molecule has 11 heteroatoms. The number of esters is 2. The fourth-order valence-electron chi connectivity index (χ4n) is 6.64. The number of rotatable bonds is 40. The molecule has 318 valence electrons. The third kappa shape index (κ3) is 36.9. The number of carbonyl (C=O) groups is 4. The van der Waals surface area contributed by atoms with Crippen LogP contribution in [0.2, 0.25) is 0 Å². The van der Waals surface area contributed by atoms with Gasteiger partial charge in [-0.2, -0.15) is 0 Å². The van der Waals surface area contributed by atoms with Crippen molar-refractivity contribution in [3.05, 3.63) is 0 Å². The molecule has 3 N–H and O–H groups in total. The first-order valence-corrected chi connectivity index (χ1v) is 24.0. The number of amides is 1. The Morgan fingerprint density at radius 2 is 0.907 bits per heavy atom. The Morgan fingerprint density at radius 1 is 0.519 bits per heavy atom. The number of hydrogen-bond donors (Lipinski definition) is 2. The minimum atomic E-state index is -3.64. The summed E-state index contributed by atoms with van der Waals surface area (Å²) in [4.78, 5) is 49.8. The molecular weight excluding hydrogens is 705 g/mol. The van der Waals surface area contributed by atoms with Crippen molar-refractivity contribution in [3.63, 3.8) is 0 Å². The molecule has 0 radical (unpaired) electrons. The topological polar surface area (TPSA) is 159 Å². The number of sulfonamides is 1. The predicted molar refractivity (Wildman–Crippen MR) is 221 cm³/mol. The molecule has 0 aromatic rings.